The molecule has 0 saturated carbocycles. The Hall–Kier alpha value is -1.59. The molecule has 0 unspecified atom stereocenters. The number of nitrogens with zero attached hydrogens (tertiary/aromatic N) is 3. The van der Waals surface area contributed by atoms with Gasteiger partial charge in [0.25, 0.3) is 0 Å². The van der Waals surface area contributed by atoms with Crippen LogP contribution in [0.4, 0.5) is 5.95 Å². The van der Waals surface area contributed by atoms with E-state index >= 15 is 0 Å². The Kier molecular flexibility index (Phi) is 7.62. The van der Waals surface area contributed by atoms with Gasteiger partial charge in [-0.15, -0.1) is 4.98 Å². The van der Waals surface area contributed by atoms with Crippen LogP contribution in [0.3, 0.4) is 0 Å². The van der Waals surface area contributed by atoms with Gasteiger partial charge in [0.2, 0.25) is 5.95 Å². The van der Waals surface area contributed by atoms with Gasteiger partial charge in [-0.2, -0.15) is 9.97 Å². The van der Waals surface area contributed by atoms with E-state index in [2.05, 4.69) is 27.2 Å². The highest BCUT2D eigenvalue weighted by Gasteiger charge is 2.05. The highest BCUT2D eigenvalue weighted by molar-refractivity contribution is 5.27. The summed E-state index contributed by atoms with van der Waals surface area (Å²) in [6.07, 6.45) is 7.56. The SMILES string of the molecule is CCCCCCCCNc1nc(OC)nc(OC)n1. The molecule has 0 amide bonds. The standard InChI is InChI=1S/C13H24N4O2/c1-4-5-6-7-8-9-10-14-11-15-12(18-2)17-13(16-11)19-3/h4-10H2,1-3H3,(H,14,15,16,17). The van der Waals surface area contributed by atoms with Crippen molar-refractivity contribution in [3.05, 3.63) is 0 Å². The number of anilines is 1. The van der Waals surface area contributed by atoms with Crippen molar-refractivity contribution < 1.29 is 9.47 Å². The Morgan fingerprint density at radius 1 is 0.842 bits per heavy atom. The number of hydrogen-bond donors (Lipinski definition) is 1. The third-order valence-corrected chi connectivity index (χ3v) is 2.77. The van der Waals surface area contributed by atoms with Crippen LogP contribution in [-0.4, -0.2) is 35.7 Å². The number of unbranched alkanes of at least 4 members (excludes halogenated alkanes) is 5. The molecule has 0 bridgehead atoms. The second-order valence-corrected chi connectivity index (χ2v) is 4.33. The van der Waals surface area contributed by atoms with Gasteiger partial charge in [-0.1, -0.05) is 39.0 Å². The lowest BCUT2D eigenvalue weighted by Gasteiger charge is -2.07. The van der Waals surface area contributed by atoms with Crippen molar-refractivity contribution in [3.8, 4) is 12.0 Å². The normalized spacial score (nSPS) is 10.3. The van der Waals surface area contributed by atoms with Crippen molar-refractivity contribution in [2.45, 2.75) is 45.4 Å². The monoisotopic (exact) mass is 268 g/mol. The van der Waals surface area contributed by atoms with E-state index in [1.54, 1.807) is 0 Å². The summed E-state index contributed by atoms with van der Waals surface area (Å²) in [5, 5.41) is 3.16. The minimum Gasteiger partial charge on any atom is -0.467 e. The number of methoxy groups -OCH3 is 2. The van der Waals surface area contributed by atoms with E-state index in [1.807, 2.05) is 0 Å². The largest absolute Gasteiger partial charge is 0.467 e. The molecule has 1 heterocycles. The lowest BCUT2D eigenvalue weighted by Crippen LogP contribution is -2.08. The number of rotatable bonds is 10. The van der Waals surface area contributed by atoms with E-state index in [0.29, 0.717) is 5.95 Å². The van der Waals surface area contributed by atoms with Crippen molar-refractivity contribution in [1.82, 2.24) is 15.0 Å². The number of nitrogens with one attached hydrogen (secondary N) is 1. The summed E-state index contributed by atoms with van der Waals surface area (Å²) in [6, 6.07) is 0.523. The van der Waals surface area contributed by atoms with E-state index in [-0.39, 0.29) is 12.0 Å². The Morgan fingerprint density at radius 2 is 1.42 bits per heavy atom. The number of ether oxygens (including phenoxy) is 2. The summed E-state index contributed by atoms with van der Waals surface area (Å²) in [4.78, 5) is 12.2. The van der Waals surface area contributed by atoms with Crippen LogP contribution >= 0.6 is 0 Å². The average Bonchev–Trinajstić information content (AvgIpc) is 2.45. The summed E-state index contributed by atoms with van der Waals surface area (Å²) in [5.74, 6) is 0.497. The third kappa shape index (κ3) is 6.22. The zero-order valence-corrected chi connectivity index (χ0v) is 12.1. The highest BCUT2D eigenvalue weighted by atomic mass is 16.5. The summed E-state index contributed by atoms with van der Waals surface area (Å²) >= 11 is 0. The van der Waals surface area contributed by atoms with E-state index in [1.165, 1.54) is 46.3 Å². The summed E-state index contributed by atoms with van der Waals surface area (Å²) in [6.45, 7) is 3.07. The fourth-order valence-electron chi connectivity index (χ4n) is 1.71. The molecular formula is C13H24N4O2. The van der Waals surface area contributed by atoms with Crippen LogP contribution in [-0.2, 0) is 0 Å². The average molecular weight is 268 g/mol. The molecule has 1 aromatic rings. The molecule has 1 aromatic heterocycles. The minimum absolute atomic E-state index is 0.261. The molecule has 108 valence electrons. The van der Waals surface area contributed by atoms with Gasteiger partial charge in [-0.3, -0.25) is 0 Å². The molecule has 0 aliphatic heterocycles. The Labute approximate surface area is 115 Å². The predicted octanol–water partition coefficient (Wildman–Crippen LogP) is 2.66. The Bertz CT molecular complexity index is 338. The van der Waals surface area contributed by atoms with Gasteiger partial charge < -0.3 is 14.8 Å². The van der Waals surface area contributed by atoms with Crippen LogP contribution in [0.15, 0.2) is 0 Å². The van der Waals surface area contributed by atoms with Gasteiger partial charge in [0, 0.05) is 6.54 Å². The molecule has 6 nitrogen and oxygen atoms in total. The quantitative estimate of drug-likeness (QED) is 0.658. The van der Waals surface area contributed by atoms with Crippen molar-refractivity contribution in [3.63, 3.8) is 0 Å². The summed E-state index contributed by atoms with van der Waals surface area (Å²) in [5.41, 5.74) is 0. The Balaban J connectivity index is 2.28. The Morgan fingerprint density at radius 3 is 2.00 bits per heavy atom. The molecule has 1 N–H and O–H groups in total. The summed E-state index contributed by atoms with van der Waals surface area (Å²) < 4.78 is 9.97. The molecule has 0 radical (unpaired) electrons. The predicted molar refractivity (Wildman–Crippen MR) is 74.8 cm³/mol. The van der Waals surface area contributed by atoms with E-state index in [0.717, 1.165) is 13.0 Å². The van der Waals surface area contributed by atoms with Crippen LogP contribution in [0, 0.1) is 0 Å². The van der Waals surface area contributed by atoms with Crippen LogP contribution < -0.4 is 14.8 Å². The maximum Gasteiger partial charge on any atom is 0.324 e. The van der Waals surface area contributed by atoms with Gasteiger partial charge in [0.15, 0.2) is 0 Å². The van der Waals surface area contributed by atoms with E-state index in [4.69, 9.17) is 9.47 Å². The first kappa shape index (κ1) is 15.5. The molecular weight excluding hydrogens is 244 g/mol. The van der Waals surface area contributed by atoms with E-state index in [9.17, 15) is 0 Å². The fourth-order valence-corrected chi connectivity index (χ4v) is 1.71. The smallest absolute Gasteiger partial charge is 0.324 e. The van der Waals surface area contributed by atoms with Crippen molar-refractivity contribution in [1.29, 1.82) is 0 Å². The fraction of sp³-hybridized carbons (Fsp3) is 0.769. The van der Waals surface area contributed by atoms with Gasteiger partial charge in [-0.25, -0.2) is 0 Å². The maximum absolute atomic E-state index is 4.99. The molecule has 0 aliphatic carbocycles. The summed E-state index contributed by atoms with van der Waals surface area (Å²) in [7, 11) is 3.04. The molecule has 1 rings (SSSR count). The second-order valence-electron chi connectivity index (χ2n) is 4.33. The van der Waals surface area contributed by atoms with Crippen molar-refractivity contribution in [2.24, 2.45) is 0 Å². The molecule has 19 heavy (non-hydrogen) atoms. The molecule has 0 spiro atoms. The molecule has 0 fully saturated rings. The first-order valence-corrected chi connectivity index (χ1v) is 6.88. The van der Waals surface area contributed by atoms with Gasteiger partial charge >= 0.3 is 12.0 Å². The van der Waals surface area contributed by atoms with Crippen LogP contribution in [0.5, 0.6) is 12.0 Å². The highest BCUT2D eigenvalue weighted by Crippen LogP contribution is 2.12. The maximum atomic E-state index is 4.99. The molecule has 6 heteroatoms. The molecule has 0 aliphatic rings. The number of hydrogen-bond acceptors (Lipinski definition) is 6. The van der Waals surface area contributed by atoms with Crippen LogP contribution in [0.2, 0.25) is 0 Å². The van der Waals surface area contributed by atoms with Gasteiger partial charge in [0.1, 0.15) is 0 Å². The van der Waals surface area contributed by atoms with Gasteiger partial charge in [-0.05, 0) is 6.42 Å². The molecule has 0 saturated heterocycles. The lowest BCUT2D eigenvalue weighted by molar-refractivity contribution is 0.341. The van der Waals surface area contributed by atoms with Crippen LogP contribution in [0.1, 0.15) is 45.4 Å². The second kappa shape index (κ2) is 9.35. The zero-order chi connectivity index (χ0) is 13.9. The van der Waals surface area contributed by atoms with Crippen molar-refractivity contribution >= 4 is 5.95 Å². The minimum atomic E-state index is 0.261. The number of aromatic nitrogens is 3. The third-order valence-electron chi connectivity index (χ3n) is 2.77. The zero-order valence-electron chi connectivity index (χ0n) is 12.1. The topological polar surface area (TPSA) is 69.2 Å². The lowest BCUT2D eigenvalue weighted by atomic mass is 10.1. The first-order valence-electron chi connectivity index (χ1n) is 6.88. The van der Waals surface area contributed by atoms with Crippen LogP contribution in [0.25, 0.3) is 0 Å². The van der Waals surface area contributed by atoms with Gasteiger partial charge in [0.05, 0.1) is 14.2 Å². The first-order chi connectivity index (χ1) is 9.30. The molecule has 0 atom stereocenters. The molecule has 0 aromatic carbocycles. The van der Waals surface area contributed by atoms with Crippen molar-refractivity contribution in [2.75, 3.05) is 26.1 Å². The van der Waals surface area contributed by atoms with E-state index < -0.39 is 0 Å².